The number of aromatic nitrogens is 1. The standard InChI is InChI=1S/C20H24FN3O2/c1-16-7-8-22-15-19(16)20(25)24-10-2-9-23(11-12-24)13-14-26-18-5-3-17(21)4-6-18/h3-8,15H,2,9-14H2,1H3. The first-order chi connectivity index (χ1) is 12.6. The van der Waals surface area contributed by atoms with Gasteiger partial charge in [-0.05, 0) is 49.2 Å². The van der Waals surface area contributed by atoms with Crippen molar-refractivity contribution in [2.24, 2.45) is 0 Å². The molecule has 0 atom stereocenters. The summed E-state index contributed by atoms with van der Waals surface area (Å²) in [6, 6.07) is 7.92. The van der Waals surface area contributed by atoms with Crippen LogP contribution in [0.4, 0.5) is 4.39 Å². The Morgan fingerprint density at radius 1 is 1.15 bits per heavy atom. The fourth-order valence-corrected chi connectivity index (χ4v) is 3.08. The summed E-state index contributed by atoms with van der Waals surface area (Å²) in [6.45, 7) is 6.46. The molecule has 0 N–H and O–H groups in total. The van der Waals surface area contributed by atoms with Gasteiger partial charge in [0, 0.05) is 45.1 Å². The highest BCUT2D eigenvalue weighted by atomic mass is 19.1. The maximum Gasteiger partial charge on any atom is 0.255 e. The van der Waals surface area contributed by atoms with Crippen molar-refractivity contribution in [3.63, 3.8) is 0 Å². The number of amides is 1. The van der Waals surface area contributed by atoms with Gasteiger partial charge in [-0.3, -0.25) is 14.7 Å². The molecule has 1 aromatic heterocycles. The Balaban J connectivity index is 1.48. The quantitative estimate of drug-likeness (QED) is 0.825. The van der Waals surface area contributed by atoms with Crippen molar-refractivity contribution in [2.45, 2.75) is 13.3 Å². The van der Waals surface area contributed by atoms with Crippen molar-refractivity contribution in [1.29, 1.82) is 0 Å². The zero-order valence-corrected chi connectivity index (χ0v) is 15.0. The smallest absolute Gasteiger partial charge is 0.255 e. The number of hydrogen-bond donors (Lipinski definition) is 0. The predicted octanol–water partition coefficient (Wildman–Crippen LogP) is 2.76. The number of halogens is 1. The SMILES string of the molecule is Cc1ccncc1C(=O)N1CCCN(CCOc2ccc(F)cc2)CC1. The van der Waals surface area contributed by atoms with E-state index in [0.29, 0.717) is 24.5 Å². The van der Waals surface area contributed by atoms with E-state index in [4.69, 9.17) is 4.74 Å². The minimum atomic E-state index is -0.265. The Hall–Kier alpha value is -2.47. The van der Waals surface area contributed by atoms with Crippen molar-refractivity contribution < 1.29 is 13.9 Å². The Kier molecular flexibility index (Phi) is 6.17. The molecule has 1 aromatic carbocycles. The molecule has 1 amide bonds. The van der Waals surface area contributed by atoms with E-state index in [0.717, 1.165) is 38.2 Å². The molecule has 1 aliphatic heterocycles. The van der Waals surface area contributed by atoms with E-state index in [-0.39, 0.29) is 11.7 Å². The van der Waals surface area contributed by atoms with E-state index in [1.807, 2.05) is 17.9 Å². The first-order valence-electron chi connectivity index (χ1n) is 8.94. The summed E-state index contributed by atoms with van der Waals surface area (Å²) in [4.78, 5) is 21.0. The molecule has 0 unspecified atom stereocenters. The van der Waals surface area contributed by atoms with Crippen LogP contribution in [0.5, 0.6) is 5.75 Å². The number of pyridine rings is 1. The minimum absolute atomic E-state index is 0.0556. The molecule has 3 rings (SSSR count). The largest absolute Gasteiger partial charge is 0.492 e. The van der Waals surface area contributed by atoms with Gasteiger partial charge in [0.05, 0.1) is 5.56 Å². The zero-order chi connectivity index (χ0) is 18.4. The van der Waals surface area contributed by atoms with E-state index >= 15 is 0 Å². The van der Waals surface area contributed by atoms with Gasteiger partial charge in [0.15, 0.2) is 0 Å². The number of carbonyl (C=O) groups is 1. The number of carbonyl (C=O) groups excluding carboxylic acids is 1. The third kappa shape index (κ3) is 4.79. The lowest BCUT2D eigenvalue weighted by molar-refractivity contribution is 0.0759. The molecular weight excluding hydrogens is 333 g/mol. The zero-order valence-electron chi connectivity index (χ0n) is 15.0. The fraction of sp³-hybridized carbons (Fsp3) is 0.400. The van der Waals surface area contributed by atoms with Gasteiger partial charge in [-0.25, -0.2) is 4.39 Å². The van der Waals surface area contributed by atoms with Crippen LogP contribution in [0.2, 0.25) is 0 Å². The second kappa shape index (κ2) is 8.76. The fourth-order valence-electron chi connectivity index (χ4n) is 3.08. The molecule has 2 aromatic rings. The van der Waals surface area contributed by atoms with Crippen molar-refractivity contribution in [1.82, 2.24) is 14.8 Å². The summed E-state index contributed by atoms with van der Waals surface area (Å²) in [5.74, 6) is 0.462. The summed E-state index contributed by atoms with van der Waals surface area (Å²) in [6.07, 6.45) is 4.29. The maximum atomic E-state index is 12.9. The van der Waals surface area contributed by atoms with Crippen LogP contribution < -0.4 is 4.74 Å². The van der Waals surface area contributed by atoms with Gasteiger partial charge in [0.2, 0.25) is 0 Å². The van der Waals surface area contributed by atoms with E-state index in [2.05, 4.69) is 9.88 Å². The lowest BCUT2D eigenvalue weighted by Crippen LogP contribution is -2.36. The molecule has 138 valence electrons. The summed E-state index contributed by atoms with van der Waals surface area (Å²) < 4.78 is 18.6. The molecule has 1 fully saturated rings. The third-order valence-corrected chi connectivity index (χ3v) is 4.64. The number of nitrogens with zero attached hydrogens (tertiary/aromatic N) is 3. The van der Waals surface area contributed by atoms with Crippen LogP contribution in [-0.4, -0.2) is 60.0 Å². The van der Waals surface area contributed by atoms with Crippen LogP contribution >= 0.6 is 0 Å². The van der Waals surface area contributed by atoms with Crippen molar-refractivity contribution >= 4 is 5.91 Å². The first kappa shape index (κ1) is 18.3. The molecule has 5 nitrogen and oxygen atoms in total. The van der Waals surface area contributed by atoms with Crippen molar-refractivity contribution in [2.75, 3.05) is 39.3 Å². The van der Waals surface area contributed by atoms with Gasteiger partial charge in [-0.2, -0.15) is 0 Å². The van der Waals surface area contributed by atoms with E-state index in [9.17, 15) is 9.18 Å². The van der Waals surface area contributed by atoms with Gasteiger partial charge in [-0.15, -0.1) is 0 Å². The maximum absolute atomic E-state index is 12.9. The lowest BCUT2D eigenvalue weighted by Gasteiger charge is -2.22. The Bertz CT molecular complexity index is 736. The van der Waals surface area contributed by atoms with Gasteiger partial charge in [0.1, 0.15) is 18.2 Å². The monoisotopic (exact) mass is 357 g/mol. The van der Waals surface area contributed by atoms with Gasteiger partial charge < -0.3 is 9.64 Å². The number of rotatable bonds is 5. The van der Waals surface area contributed by atoms with Gasteiger partial charge in [0.25, 0.3) is 5.91 Å². The Labute approximate surface area is 153 Å². The van der Waals surface area contributed by atoms with Crippen molar-refractivity contribution in [3.05, 3.63) is 59.7 Å². The molecule has 0 aliphatic carbocycles. The Morgan fingerprint density at radius 3 is 2.73 bits per heavy atom. The molecule has 26 heavy (non-hydrogen) atoms. The second-order valence-electron chi connectivity index (χ2n) is 6.48. The van der Waals surface area contributed by atoms with Crippen LogP contribution in [-0.2, 0) is 0 Å². The molecule has 0 spiro atoms. The highest BCUT2D eigenvalue weighted by molar-refractivity contribution is 5.95. The van der Waals surface area contributed by atoms with Crippen LogP contribution in [0.15, 0.2) is 42.7 Å². The van der Waals surface area contributed by atoms with E-state index in [1.54, 1.807) is 24.5 Å². The highest BCUT2D eigenvalue weighted by Gasteiger charge is 2.21. The normalized spacial score (nSPS) is 15.5. The van der Waals surface area contributed by atoms with Crippen LogP contribution in [0.1, 0.15) is 22.3 Å². The van der Waals surface area contributed by atoms with Gasteiger partial charge in [-0.1, -0.05) is 0 Å². The summed E-state index contributed by atoms with van der Waals surface area (Å²) in [5, 5.41) is 0. The highest BCUT2D eigenvalue weighted by Crippen LogP contribution is 2.13. The molecule has 0 saturated carbocycles. The third-order valence-electron chi connectivity index (χ3n) is 4.64. The van der Waals surface area contributed by atoms with Crippen LogP contribution in [0, 0.1) is 12.7 Å². The molecular formula is C20H24FN3O2. The number of aryl methyl sites for hydroxylation is 1. The molecule has 0 bridgehead atoms. The summed E-state index contributed by atoms with van der Waals surface area (Å²) >= 11 is 0. The first-order valence-corrected chi connectivity index (χ1v) is 8.94. The molecule has 1 aliphatic rings. The molecule has 2 heterocycles. The Morgan fingerprint density at radius 2 is 1.96 bits per heavy atom. The molecule has 0 radical (unpaired) electrons. The average molecular weight is 357 g/mol. The number of ether oxygens (including phenoxy) is 1. The summed E-state index contributed by atoms with van der Waals surface area (Å²) in [7, 11) is 0. The molecule has 6 heteroatoms. The summed E-state index contributed by atoms with van der Waals surface area (Å²) in [5.41, 5.74) is 1.64. The number of benzene rings is 1. The van der Waals surface area contributed by atoms with Crippen LogP contribution in [0.25, 0.3) is 0 Å². The van der Waals surface area contributed by atoms with E-state index < -0.39 is 0 Å². The molecule has 1 saturated heterocycles. The topological polar surface area (TPSA) is 45.7 Å². The minimum Gasteiger partial charge on any atom is -0.492 e. The van der Waals surface area contributed by atoms with Gasteiger partial charge >= 0.3 is 0 Å². The van der Waals surface area contributed by atoms with E-state index in [1.165, 1.54) is 12.1 Å². The van der Waals surface area contributed by atoms with Crippen LogP contribution in [0.3, 0.4) is 0 Å². The number of hydrogen-bond acceptors (Lipinski definition) is 4. The predicted molar refractivity (Wildman–Crippen MR) is 97.8 cm³/mol. The second-order valence-corrected chi connectivity index (χ2v) is 6.48. The van der Waals surface area contributed by atoms with Crippen molar-refractivity contribution in [3.8, 4) is 5.75 Å². The average Bonchev–Trinajstić information content (AvgIpc) is 2.89. The lowest BCUT2D eigenvalue weighted by atomic mass is 10.1.